The van der Waals surface area contributed by atoms with E-state index in [1.807, 2.05) is 14.0 Å². The zero-order chi connectivity index (χ0) is 13.7. The Hall–Kier alpha value is -1.15. The number of nitrogens with one attached hydrogen (secondary N) is 1. The first-order chi connectivity index (χ1) is 9.20. The van der Waals surface area contributed by atoms with Gasteiger partial charge in [-0.3, -0.25) is 0 Å². The summed E-state index contributed by atoms with van der Waals surface area (Å²) in [7, 11) is 1.96. The normalized spacial score (nSPS) is 21.1. The molecule has 1 nitrogen and oxygen atoms in total. The Bertz CT molecular complexity index is 430. The van der Waals surface area contributed by atoms with Crippen LogP contribution in [0.3, 0.4) is 0 Å². The van der Waals surface area contributed by atoms with Gasteiger partial charge in [0.15, 0.2) is 0 Å². The van der Waals surface area contributed by atoms with E-state index < -0.39 is 0 Å². The summed E-state index contributed by atoms with van der Waals surface area (Å²) in [6, 6.07) is 5.49. The van der Waals surface area contributed by atoms with E-state index in [1.165, 1.54) is 31.3 Å². The fourth-order valence-corrected chi connectivity index (χ4v) is 2.98. The number of likely N-dealkylation sites (N-methyl/N-ethyl adjacent to an activating group) is 1. The molecule has 19 heavy (non-hydrogen) atoms. The molecule has 1 aliphatic carbocycles. The molecule has 1 aliphatic rings. The van der Waals surface area contributed by atoms with E-state index in [0.717, 1.165) is 24.0 Å². The minimum absolute atomic E-state index is 0.137. The maximum absolute atomic E-state index is 13.6. The lowest BCUT2D eigenvalue weighted by molar-refractivity contribution is 0.568. The molecule has 0 saturated heterocycles. The number of aryl methyl sites for hydroxylation is 1. The molecule has 2 rings (SSSR count). The van der Waals surface area contributed by atoms with Crippen molar-refractivity contribution >= 4 is 0 Å². The van der Waals surface area contributed by atoms with Crippen molar-refractivity contribution in [3.05, 3.63) is 46.8 Å². The summed E-state index contributed by atoms with van der Waals surface area (Å²) in [4.78, 5) is 0. The molecule has 1 aromatic carbocycles. The zero-order valence-electron chi connectivity index (χ0n) is 12.0. The van der Waals surface area contributed by atoms with Gasteiger partial charge in [-0.15, -0.1) is 0 Å². The van der Waals surface area contributed by atoms with Crippen molar-refractivity contribution in [2.24, 2.45) is 0 Å². The summed E-state index contributed by atoms with van der Waals surface area (Å²) in [5.41, 5.74) is 3.46. The van der Waals surface area contributed by atoms with Crippen molar-refractivity contribution in [1.82, 2.24) is 5.32 Å². The second-order valence-electron chi connectivity index (χ2n) is 5.52. The number of halogens is 1. The van der Waals surface area contributed by atoms with Gasteiger partial charge in [0, 0.05) is 0 Å². The van der Waals surface area contributed by atoms with Gasteiger partial charge in [-0.1, -0.05) is 30.6 Å². The van der Waals surface area contributed by atoms with Crippen LogP contribution < -0.4 is 5.32 Å². The number of benzene rings is 1. The predicted molar refractivity (Wildman–Crippen MR) is 78.7 cm³/mol. The number of rotatable bonds is 3. The Morgan fingerprint density at radius 1 is 1.11 bits per heavy atom. The second kappa shape index (κ2) is 6.85. The zero-order valence-corrected chi connectivity index (χ0v) is 12.0. The van der Waals surface area contributed by atoms with E-state index in [0.29, 0.717) is 0 Å². The largest absolute Gasteiger partial charge is 0.310 e. The van der Waals surface area contributed by atoms with Crippen molar-refractivity contribution in [2.45, 2.75) is 51.5 Å². The predicted octanol–water partition coefficient (Wildman–Crippen LogP) is 4.68. The van der Waals surface area contributed by atoms with Crippen LogP contribution in [0.1, 0.15) is 55.7 Å². The van der Waals surface area contributed by atoms with E-state index in [4.69, 9.17) is 0 Å². The molecule has 0 heterocycles. The van der Waals surface area contributed by atoms with Gasteiger partial charge >= 0.3 is 0 Å². The van der Waals surface area contributed by atoms with Crippen LogP contribution in [-0.4, -0.2) is 7.05 Å². The standard InChI is InChI=1S/C17H24FN/c1-13-10-15(12-16(18)11-13)17(19-2)14-8-6-4-3-5-7-9-14/h8,10-12,17,19H,3-7,9H2,1-2H3/b14-8+. The van der Waals surface area contributed by atoms with Gasteiger partial charge in [0.25, 0.3) is 0 Å². The van der Waals surface area contributed by atoms with Crippen LogP contribution in [-0.2, 0) is 0 Å². The average molecular weight is 261 g/mol. The molecule has 1 atom stereocenters. The van der Waals surface area contributed by atoms with Crippen molar-refractivity contribution in [1.29, 1.82) is 0 Å². The summed E-state index contributed by atoms with van der Waals surface area (Å²) in [6.45, 7) is 1.95. The Kier molecular flexibility index (Phi) is 5.15. The van der Waals surface area contributed by atoms with Crippen molar-refractivity contribution in [3.8, 4) is 0 Å². The van der Waals surface area contributed by atoms with Crippen molar-refractivity contribution < 1.29 is 4.39 Å². The monoisotopic (exact) mass is 261 g/mol. The van der Waals surface area contributed by atoms with E-state index in [-0.39, 0.29) is 11.9 Å². The molecule has 1 N–H and O–H groups in total. The first-order valence-electron chi connectivity index (χ1n) is 7.34. The molecule has 0 bridgehead atoms. The van der Waals surface area contributed by atoms with Gasteiger partial charge in [-0.2, -0.15) is 0 Å². The minimum Gasteiger partial charge on any atom is -0.310 e. The van der Waals surface area contributed by atoms with Gasteiger partial charge < -0.3 is 5.32 Å². The van der Waals surface area contributed by atoms with Crippen molar-refractivity contribution in [2.75, 3.05) is 7.05 Å². The molecule has 1 aromatic rings. The van der Waals surface area contributed by atoms with Gasteiger partial charge in [-0.25, -0.2) is 4.39 Å². The summed E-state index contributed by atoms with van der Waals surface area (Å²) in [5, 5.41) is 3.36. The summed E-state index contributed by atoms with van der Waals surface area (Å²) in [6.07, 6.45) is 9.83. The van der Waals surface area contributed by atoms with Crippen LogP contribution in [0, 0.1) is 12.7 Å². The smallest absolute Gasteiger partial charge is 0.123 e. The summed E-state index contributed by atoms with van der Waals surface area (Å²) < 4.78 is 13.6. The highest BCUT2D eigenvalue weighted by atomic mass is 19.1. The molecule has 2 heteroatoms. The Balaban J connectivity index is 2.26. The van der Waals surface area contributed by atoms with E-state index >= 15 is 0 Å². The SMILES string of the molecule is CNC(/C1=C/CCCCCC1)c1cc(C)cc(F)c1. The third-order valence-corrected chi connectivity index (χ3v) is 3.88. The van der Waals surface area contributed by atoms with E-state index in [1.54, 1.807) is 12.1 Å². The lowest BCUT2D eigenvalue weighted by Gasteiger charge is -2.23. The summed E-state index contributed by atoms with van der Waals surface area (Å²) in [5.74, 6) is -0.137. The molecule has 0 aliphatic heterocycles. The topological polar surface area (TPSA) is 12.0 Å². The van der Waals surface area contributed by atoms with Crippen molar-refractivity contribution in [3.63, 3.8) is 0 Å². The molecular weight excluding hydrogens is 237 g/mol. The molecule has 0 aromatic heterocycles. The van der Waals surface area contributed by atoms with Crippen LogP contribution in [0.5, 0.6) is 0 Å². The van der Waals surface area contributed by atoms with Crippen LogP contribution in [0.15, 0.2) is 29.8 Å². The highest BCUT2D eigenvalue weighted by Gasteiger charge is 2.16. The molecule has 0 radical (unpaired) electrons. The number of allylic oxidation sites excluding steroid dienone is 1. The van der Waals surface area contributed by atoms with Crippen LogP contribution in [0.4, 0.5) is 4.39 Å². The Morgan fingerprint density at radius 2 is 1.89 bits per heavy atom. The minimum atomic E-state index is -0.137. The molecule has 0 amide bonds. The quantitative estimate of drug-likeness (QED) is 0.779. The molecule has 1 unspecified atom stereocenters. The molecule has 0 saturated carbocycles. The highest BCUT2D eigenvalue weighted by Crippen LogP contribution is 2.29. The lowest BCUT2D eigenvalue weighted by atomic mass is 9.90. The van der Waals surface area contributed by atoms with E-state index in [2.05, 4.69) is 17.5 Å². The number of hydrogen-bond donors (Lipinski definition) is 1. The number of hydrogen-bond acceptors (Lipinski definition) is 1. The maximum Gasteiger partial charge on any atom is 0.123 e. The lowest BCUT2D eigenvalue weighted by Crippen LogP contribution is -2.19. The summed E-state index contributed by atoms with van der Waals surface area (Å²) >= 11 is 0. The van der Waals surface area contributed by atoms with Crippen LogP contribution in [0.2, 0.25) is 0 Å². The highest BCUT2D eigenvalue weighted by molar-refractivity contribution is 5.32. The fraction of sp³-hybridized carbons (Fsp3) is 0.529. The first-order valence-corrected chi connectivity index (χ1v) is 7.34. The Morgan fingerprint density at radius 3 is 2.63 bits per heavy atom. The molecule has 0 spiro atoms. The average Bonchev–Trinajstić information content (AvgIpc) is 2.31. The second-order valence-corrected chi connectivity index (χ2v) is 5.52. The Labute approximate surface area is 115 Å². The third-order valence-electron chi connectivity index (χ3n) is 3.88. The van der Waals surface area contributed by atoms with Gasteiger partial charge in [0.05, 0.1) is 6.04 Å². The van der Waals surface area contributed by atoms with Crippen LogP contribution >= 0.6 is 0 Å². The molecule has 104 valence electrons. The molecule has 0 fully saturated rings. The van der Waals surface area contributed by atoms with Gasteiger partial charge in [0.2, 0.25) is 0 Å². The fourth-order valence-electron chi connectivity index (χ4n) is 2.98. The van der Waals surface area contributed by atoms with Gasteiger partial charge in [0.1, 0.15) is 5.82 Å². The van der Waals surface area contributed by atoms with E-state index in [9.17, 15) is 4.39 Å². The first kappa shape index (κ1) is 14.3. The van der Waals surface area contributed by atoms with Gasteiger partial charge in [-0.05, 0) is 62.9 Å². The third kappa shape index (κ3) is 3.90. The maximum atomic E-state index is 13.6. The van der Waals surface area contributed by atoms with Crippen LogP contribution in [0.25, 0.3) is 0 Å². The molecular formula is C17H24FN.